The van der Waals surface area contributed by atoms with E-state index >= 15 is 0 Å². The van der Waals surface area contributed by atoms with Crippen molar-refractivity contribution in [1.82, 2.24) is 0 Å². The summed E-state index contributed by atoms with van der Waals surface area (Å²) >= 11 is 1.49. The fraction of sp³-hybridized carbons (Fsp3) is 0.455. The molecule has 3 N–H and O–H groups in total. The van der Waals surface area contributed by atoms with Crippen molar-refractivity contribution in [3.05, 3.63) is 24.0 Å². The monoisotopic (exact) mass is 229 g/mol. The Hall–Kier alpha value is -0.740. The minimum Gasteiger partial charge on any atom is -0.399 e. The largest absolute Gasteiger partial charge is 0.399 e. The molecule has 0 saturated carbocycles. The van der Waals surface area contributed by atoms with E-state index in [4.69, 9.17) is 10.8 Å². The van der Waals surface area contributed by atoms with E-state index < -0.39 is 0 Å². The average molecular weight is 229 g/mol. The first-order valence-corrected chi connectivity index (χ1v) is 6.01. The SMILES string of the molecule is Nc1ccc(SCCCCCO)c(F)c1. The normalized spacial score (nSPS) is 10.5. The number of hydrogen-bond donors (Lipinski definition) is 2. The van der Waals surface area contributed by atoms with Gasteiger partial charge in [-0.05, 0) is 36.8 Å². The second-order valence-electron chi connectivity index (χ2n) is 3.32. The highest BCUT2D eigenvalue weighted by Crippen LogP contribution is 2.24. The van der Waals surface area contributed by atoms with Crippen molar-refractivity contribution in [1.29, 1.82) is 0 Å². The zero-order chi connectivity index (χ0) is 11.1. The number of nitrogen functional groups attached to an aromatic ring is 1. The first kappa shape index (κ1) is 12.3. The van der Waals surface area contributed by atoms with E-state index in [-0.39, 0.29) is 12.4 Å². The molecular weight excluding hydrogens is 213 g/mol. The Morgan fingerprint density at radius 3 is 2.73 bits per heavy atom. The number of benzene rings is 1. The molecule has 0 aliphatic carbocycles. The number of nitrogens with two attached hydrogens (primary N) is 1. The molecule has 1 aromatic rings. The third-order valence-corrected chi connectivity index (χ3v) is 3.15. The highest BCUT2D eigenvalue weighted by molar-refractivity contribution is 7.99. The molecule has 0 bridgehead atoms. The molecule has 0 saturated heterocycles. The van der Waals surface area contributed by atoms with Crippen molar-refractivity contribution in [2.24, 2.45) is 0 Å². The number of aliphatic hydroxyl groups is 1. The smallest absolute Gasteiger partial charge is 0.138 e. The molecule has 1 rings (SSSR count). The fourth-order valence-corrected chi connectivity index (χ4v) is 2.14. The molecule has 0 amide bonds. The predicted octanol–water partition coefficient (Wildman–Crippen LogP) is 2.66. The summed E-state index contributed by atoms with van der Waals surface area (Å²) in [7, 11) is 0. The van der Waals surface area contributed by atoms with Gasteiger partial charge < -0.3 is 10.8 Å². The fourth-order valence-electron chi connectivity index (χ4n) is 1.21. The van der Waals surface area contributed by atoms with Crippen LogP contribution >= 0.6 is 11.8 Å². The van der Waals surface area contributed by atoms with Crippen LogP contribution in [0.3, 0.4) is 0 Å². The number of halogens is 1. The van der Waals surface area contributed by atoms with Gasteiger partial charge in [-0.3, -0.25) is 0 Å². The molecule has 15 heavy (non-hydrogen) atoms. The summed E-state index contributed by atoms with van der Waals surface area (Å²) in [5, 5.41) is 8.58. The van der Waals surface area contributed by atoms with Gasteiger partial charge in [-0.25, -0.2) is 4.39 Å². The first-order valence-electron chi connectivity index (χ1n) is 5.02. The second-order valence-corrected chi connectivity index (χ2v) is 4.46. The summed E-state index contributed by atoms with van der Waals surface area (Å²) in [4.78, 5) is 0.646. The first-order chi connectivity index (χ1) is 7.24. The molecule has 0 spiro atoms. The van der Waals surface area contributed by atoms with E-state index in [9.17, 15) is 4.39 Å². The lowest BCUT2D eigenvalue weighted by Crippen LogP contribution is -1.89. The van der Waals surface area contributed by atoms with E-state index in [0.29, 0.717) is 10.6 Å². The van der Waals surface area contributed by atoms with E-state index in [1.54, 1.807) is 12.1 Å². The lowest BCUT2D eigenvalue weighted by molar-refractivity contribution is 0.284. The standard InChI is InChI=1S/C11H16FNOS/c12-10-8-9(13)4-5-11(10)15-7-3-1-2-6-14/h4-5,8,14H,1-3,6-7,13H2. The minimum absolute atomic E-state index is 0.237. The summed E-state index contributed by atoms with van der Waals surface area (Å²) in [5.41, 5.74) is 5.90. The van der Waals surface area contributed by atoms with Crippen LogP contribution in [-0.4, -0.2) is 17.5 Å². The maximum Gasteiger partial charge on any atom is 0.138 e. The molecule has 1 aromatic carbocycles. The van der Waals surface area contributed by atoms with E-state index in [0.717, 1.165) is 25.0 Å². The summed E-state index contributed by atoms with van der Waals surface area (Å²) in [6.07, 6.45) is 2.81. The molecule has 0 aliphatic heterocycles. The Labute approximate surface area is 93.7 Å². The van der Waals surface area contributed by atoms with Crippen LogP contribution in [0.1, 0.15) is 19.3 Å². The van der Waals surface area contributed by atoms with Crippen molar-refractivity contribution in [2.75, 3.05) is 18.1 Å². The van der Waals surface area contributed by atoms with Crippen LogP contribution in [0, 0.1) is 5.82 Å². The van der Waals surface area contributed by atoms with Gasteiger partial charge in [0.05, 0.1) is 0 Å². The van der Waals surface area contributed by atoms with Crippen LogP contribution in [-0.2, 0) is 0 Å². The highest BCUT2D eigenvalue weighted by Gasteiger charge is 2.02. The van der Waals surface area contributed by atoms with Gasteiger partial charge in [0.25, 0.3) is 0 Å². The van der Waals surface area contributed by atoms with E-state index in [1.807, 2.05) is 0 Å². The summed E-state index contributed by atoms with van der Waals surface area (Å²) in [6.45, 7) is 0.237. The van der Waals surface area contributed by atoms with Crippen LogP contribution < -0.4 is 5.73 Å². The Bertz CT molecular complexity index is 307. The van der Waals surface area contributed by atoms with Crippen LogP contribution in [0.4, 0.5) is 10.1 Å². The van der Waals surface area contributed by atoms with Gasteiger partial charge >= 0.3 is 0 Å². The van der Waals surface area contributed by atoms with Crippen molar-refractivity contribution >= 4 is 17.4 Å². The summed E-state index contributed by atoms with van der Waals surface area (Å²) in [6, 6.07) is 4.76. The van der Waals surface area contributed by atoms with Gasteiger partial charge in [0, 0.05) is 17.2 Å². The van der Waals surface area contributed by atoms with Crippen LogP contribution in [0.15, 0.2) is 23.1 Å². The van der Waals surface area contributed by atoms with Crippen LogP contribution in [0.25, 0.3) is 0 Å². The summed E-state index contributed by atoms with van der Waals surface area (Å²) < 4.78 is 13.3. The van der Waals surface area contributed by atoms with Gasteiger partial charge in [-0.15, -0.1) is 11.8 Å². The van der Waals surface area contributed by atoms with Gasteiger partial charge in [-0.1, -0.05) is 6.42 Å². The third-order valence-electron chi connectivity index (χ3n) is 2.02. The zero-order valence-electron chi connectivity index (χ0n) is 8.58. The lowest BCUT2D eigenvalue weighted by Gasteiger charge is -2.03. The zero-order valence-corrected chi connectivity index (χ0v) is 9.39. The van der Waals surface area contributed by atoms with Gasteiger partial charge in [-0.2, -0.15) is 0 Å². The van der Waals surface area contributed by atoms with Crippen molar-refractivity contribution in [3.8, 4) is 0 Å². The molecule has 0 radical (unpaired) electrons. The van der Waals surface area contributed by atoms with Gasteiger partial charge in [0.1, 0.15) is 5.82 Å². The predicted molar refractivity (Wildman–Crippen MR) is 62.5 cm³/mol. The molecule has 0 aromatic heterocycles. The van der Waals surface area contributed by atoms with Crippen molar-refractivity contribution < 1.29 is 9.50 Å². The van der Waals surface area contributed by atoms with Crippen molar-refractivity contribution in [3.63, 3.8) is 0 Å². The minimum atomic E-state index is -0.248. The molecule has 4 heteroatoms. The third kappa shape index (κ3) is 4.53. The Kier molecular flexibility index (Phi) is 5.50. The van der Waals surface area contributed by atoms with Gasteiger partial charge in [0.15, 0.2) is 0 Å². The number of thioether (sulfide) groups is 1. The number of anilines is 1. The Morgan fingerprint density at radius 1 is 1.27 bits per heavy atom. The summed E-state index contributed by atoms with van der Waals surface area (Å²) in [5.74, 6) is 0.628. The molecule has 84 valence electrons. The average Bonchev–Trinajstić information content (AvgIpc) is 2.20. The maximum atomic E-state index is 13.3. The molecule has 2 nitrogen and oxygen atoms in total. The molecule has 0 atom stereocenters. The highest BCUT2D eigenvalue weighted by atomic mass is 32.2. The topological polar surface area (TPSA) is 46.2 Å². The van der Waals surface area contributed by atoms with Crippen LogP contribution in [0.2, 0.25) is 0 Å². The molecule has 0 fully saturated rings. The van der Waals surface area contributed by atoms with Crippen LogP contribution in [0.5, 0.6) is 0 Å². The number of rotatable bonds is 6. The number of unbranched alkanes of at least 4 members (excludes halogenated alkanes) is 2. The number of hydrogen-bond acceptors (Lipinski definition) is 3. The maximum absolute atomic E-state index is 13.3. The van der Waals surface area contributed by atoms with Crippen molar-refractivity contribution in [2.45, 2.75) is 24.2 Å². The second kappa shape index (κ2) is 6.69. The Morgan fingerprint density at radius 2 is 2.07 bits per heavy atom. The quantitative estimate of drug-likeness (QED) is 0.448. The molecule has 0 unspecified atom stereocenters. The molecule has 0 heterocycles. The molecule has 0 aliphatic rings. The molecular formula is C11H16FNOS. The van der Waals surface area contributed by atoms with E-state index in [1.165, 1.54) is 17.8 Å². The Balaban J connectivity index is 2.31. The lowest BCUT2D eigenvalue weighted by atomic mass is 10.3. The van der Waals surface area contributed by atoms with E-state index in [2.05, 4.69) is 0 Å². The number of aliphatic hydroxyl groups excluding tert-OH is 1. The van der Waals surface area contributed by atoms with Gasteiger partial charge in [0.2, 0.25) is 0 Å².